The van der Waals surface area contributed by atoms with E-state index in [1.54, 1.807) is 28.0 Å². The molecule has 1 nitrogen and oxygen atoms in total. The fourth-order valence-corrected chi connectivity index (χ4v) is 3.83. The number of halogens is 2. The van der Waals surface area contributed by atoms with Crippen molar-refractivity contribution in [1.29, 1.82) is 0 Å². The van der Waals surface area contributed by atoms with E-state index in [-0.39, 0.29) is 24.8 Å². The molecule has 20 heavy (non-hydrogen) atoms. The van der Waals surface area contributed by atoms with Gasteiger partial charge in [0.25, 0.3) is 0 Å². The Bertz CT molecular complexity index is 459. The van der Waals surface area contributed by atoms with Crippen LogP contribution in [0.4, 0.5) is 0 Å². The minimum Gasteiger partial charge on any atom is -1.00 e. The maximum absolute atomic E-state index is 5.92. The normalized spacial score (nSPS) is 17.6. The molecular formula is C15H21Cl2OSiZr. The molecule has 0 amide bonds. The summed E-state index contributed by atoms with van der Waals surface area (Å²) in [6, 6.07) is 0. The number of hydrogen-bond acceptors (Lipinski definition) is 1. The summed E-state index contributed by atoms with van der Waals surface area (Å²) in [5.74, 6) is 0. The third-order valence-electron chi connectivity index (χ3n) is 3.15. The van der Waals surface area contributed by atoms with Gasteiger partial charge >= 0.3 is 127 Å². The maximum Gasteiger partial charge on any atom is -1.00 e. The minimum atomic E-state index is -1.35. The average Bonchev–Trinajstić information content (AvgIpc) is 2.84. The molecule has 2 rings (SSSR count). The van der Waals surface area contributed by atoms with Crippen molar-refractivity contribution in [3.63, 3.8) is 0 Å². The molecule has 0 aromatic heterocycles. The molecule has 2 aliphatic rings. The van der Waals surface area contributed by atoms with Crippen LogP contribution in [0.3, 0.4) is 0 Å². The zero-order valence-corrected chi connectivity index (χ0v) is 17.3. The molecule has 0 atom stereocenters. The first-order chi connectivity index (χ1) is 8.46. The molecule has 0 aliphatic heterocycles. The van der Waals surface area contributed by atoms with E-state index in [1.807, 2.05) is 0 Å². The third kappa shape index (κ3) is 6.15. The molecule has 0 N–H and O–H groups in total. The van der Waals surface area contributed by atoms with Crippen LogP contribution in [0.1, 0.15) is 19.3 Å². The van der Waals surface area contributed by atoms with Crippen molar-refractivity contribution in [3.8, 4) is 0 Å². The van der Waals surface area contributed by atoms with E-state index in [4.69, 9.17) is 4.43 Å². The van der Waals surface area contributed by atoms with Crippen LogP contribution in [0.2, 0.25) is 19.6 Å². The molecule has 0 radical (unpaired) electrons. The van der Waals surface area contributed by atoms with Crippen LogP contribution in [0.5, 0.6) is 0 Å². The zero-order valence-electron chi connectivity index (χ0n) is 12.3. The van der Waals surface area contributed by atoms with Crippen LogP contribution in [0.25, 0.3) is 0 Å². The quantitative estimate of drug-likeness (QED) is 0.492. The van der Waals surface area contributed by atoms with Gasteiger partial charge in [-0.25, -0.2) is 0 Å². The molecule has 0 saturated heterocycles. The number of allylic oxidation sites excluding steroid dienone is 7. The fraction of sp³-hybridized carbons (Fsp3) is 0.467. The van der Waals surface area contributed by atoms with Crippen molar-refractivity contribution in [2.45, 2.75) is 38.9 Å². The predicted molar refractivity (Wildman–Crippen MR) is 75.5 cm³/mol. The van der Waals surface area contributed by atoms with Crippen LogP contribution >= 0.6 is 0 Å². The van der Waals surface area contributed by atoms with Gasteiger partial charge in [-0.15, -0.1) is 0 Å². The predicted octanol–water partition coefficient (Wildman–Crippen LogP) is -1.75. The van der Waals surface area contributed by atoms with Crippen LogP contribution in [0.15, 0.2) is 44.3 Å². The molecule has 0 aromatic carbocycles. The van der Waals surface area contributed by atoms with Crippen molar-refractivity contribution in [3.05, 3.63) is 44.3 Å². The second-order valence-electron chi connectivity index (χ2n) is 5.86. The first kappa shape index (κ1) is 20.6. The van der Waals surface area contributed by atoms with E-state index in [1.165, 1.54) is 23.1 Å². The zero-order chi connectivity index (χ0) is 13.2. The second-order valence-corrected chi connectivity index (χ2v) is 11.9. The van der Waals surface area contributed by atoms with Gasteiger partial charge in [0.2, 0.25) is 0 Å². The van der Waals surface area contributed by atoms with Gasteiger partial charge in [0.1, 0.15) is 0 Å². The van der Waals surface area contributed by atoms with Crippen molar-refractivity contribution >= 4 is 8.32 Å². The van der Waals surface area contributed by atoms with E-state index in [0.717, 1.165) is 19.4 Å². The molecule has 0 aromatic rings. The van der Waals surface area contributed by atoms with Gasteiger partial charge in [-0.1, -0.05) is 0 Å². The molecule has 0 spiro atoms. The molecule has 109 valence electrons. The van der Waals surface area contributed by atoms with E-state index >= 15 is 0 Å². The molecule has 0 bridgehead atoms. The van der Waals surface area contributed by atoms with Crippen molar-refractivity contribution in [1.82, 2.24) is 0 Å². The molecule has 2 aliphatic carbocycles. The molecule has 0 heterocycles. The largest absolute Gasteiger partial charge is 1.00 e. The Morgan fingerprint density at radius 2 is 1.90 bits per heavy atom. The summed E-state index contributed by atoms with van der Waals surface area (Å²) in [6.45, 7) is 7.62. The summed E-state index contributed by atoms with van der Waals surface area (Å²) in [4.78, 5) is 0. The van der Waals surface area contributed by atoms with Crippen LogP contribution in [-0.4, -0.2) is 14.9 Å². The number of rotatable bonds is 5. The summed E-state index contributed by atoms with van der Waals surface area (Å²) >= 11 is 1.56. The van der Waals surface area contributed by atoms with E-state index in [9.17, 15) is 0 Å². The first-order valence-electron chi connectivity index (χ1n) is 6.61. The fourth-order valence-electron chi connectivity index (χ4n) is 2.23. The van der Waals surface area contributed by atoms with Gasteiger partial charge in [0.05, 0.1) is 0 Å². The summed E-state index contributed by atoms with van der Waals surface area (Å²) in [7, 11) is -1.35. The summed E-state index contributed by atoms with van der Waals surface area (Å²) in [6.07, 6.45) is 12.7. The molecule has 5 heteroatoms. The van der Waals surface area contributed by atoms with Crippen LogP contribution in [-0.2, 0) is 29.1 Å². The van der Waals surface area contributed by atoms with Gasteiger partial charge in [-0.3, -0.25) is 0 Å². The monoisotopic (exact) mass is 405 g/mol. The Kier molecular flexibility index (Phi) is 9.17. The molecule has 0 unspecified atom stereocenters. The van der Waals surface area contributed by atoms with Gasteiger partial charge in [0.15, 0.2) is 0 Å². The molecule has 0 saturated carbocycles. The van der Waals surface area contributed by atoms with E-state index in [0.29, 0.717) is 0 Å². The first-order valence-corrected chi connectivity index (χ1v) is 11.2. The van der Waals surface area contributed by atoms with Gasteiger partial charge in [-0.05, 0) is 0 Å². The standard InChI is InChI=1S/C15H21OSi.2ClH.Zr/c1-17(2,3)16-11-10-13-8-9-15(12-13)14-6-4-5-7-14;;;/h4,6,8,12H,5,9-11H2,1-3H3;2*1H;/q;;;+2/p-2. The maximum atomic E-state index is 5.92. The van der Waals surface area contributed by atoms with E-state index < -0.39 is 8.32 Å². The van der Waals surface area contributed by atoms with Crippen LogP contribution < -0.4 is 24.8 Å². The van der Waals surface area contributed by atoms with Gasteiger partial charge < -0.3 is 24.8 Å². The Hall–Kier alpha value is 0.600. The Balaban J connectivity index is 0.00000180. The Morgan fingerprint density at radius 1 is 1.20 bits per heavy atom. The van der Waals surface area contributed by atoms with E-state index in [2.05, 4.69) is 43.9 Å². The van der Waals surface area contributed by atoms with Gasteiger partial charge in [0, 0.05) is 0 Å². The van der Waals surface area contributed by atoms with Crippen molar-refractivity contribution < 1.29 is 54.0 Å². The van der Waals surface area contributed by atoms with Gasteiger partial charge in [-0.2, -0.15) is 0 Å². The van der Waals surface area contributed by atoms with Crippen LogP contribution in [0, 0.1) is 0 Å². The third-order valence-corrected chi connectivity index (χ3v) is 5.38. The topological polar surface area (TPSA) is 9.23 Å². The molecule has 0 fully saturated rings. The minimum absolute atomic E-state index is 0. The summed E-state index contributed by atoms with van der Waals surface area (Å²) in [5.41, 5.74) is 4.48. The molecular weight excluding hydrogens is 386 g/mol. The average molecular weight is 408 g/mol. The summed E-state index contributed by atoms with van der Waals surface area (Å²) < 4.78 is 7.52. The number of hydrogen-bond donors (Lipinski definition) is 0. The SMILES string of the molecule is C[Si](C)(C)OCCC1=CCC(C2=[C]([Zr+2])CC=C2)=C1.[Cl-].[Cl-]. The second kappa shape index (κ2) is 8.90. The van der Waals surface area contributed by atoms with Crippen molar-refractivity contribution in [2.24, 2.45) is 0 Å². The summed E-state index contributed by atoms with van der Waals surface area (Å²) in [5, 5.41) is 0. The Morgan fingerprint density at radius 3 is 2.45 bits per heavy atom. The Labute approximate surface area is 151 Å². The van der Waals surface area contributed by atoms with Crippen molar-refractivity contribution in [2.75, 3.05) is 6.61 Å². The smallest absolute Gasteiger partial charge is 1.00 e.